The van der Waals surface area contributed by atoms with E-state index < -0.39 is 9.84 Å². The number of nitrogens with one attached hydrogen (secondary N) is 1. The minimum absolute atomic E-state index is 0.290. The minimum atomic E-state index is -3.19. The highest BCUT2D eigenvalue weighted by Crippen LogP contribution is 2.20. The summed E-state index contributed by atoms with van der Waals surface area (Å²) < 4.78 is 30.5. The molecule has 3 rings (SSSR count). The molecule has 2 heterocycles. The molecule has 1 aromatic heterocycles. The van der Waals surface area contributed by atoms with Crippen molar-refractivity contribution >= 4 is 15.8 Å². The summed E-state index contributed by atoms with van der Waals surface area (Å²) in [6.45, 7) is 3.04. The van der Waals surface area contributed by atoms with Gasteiger partial charge in [0.25, 0.3) is 0 Å². The zero-order valence-electron chi connectivity index (χ0n) is 17.2. The number of nitrogens with zero attached hydrogens (tertiary/aromatic N) is 4. The van der Waals surface area contributed by atoms with Crippen molar-refractivity contribution in [3.05, 3.63) is 42.2 Å². The Morgan fingerprint density at radius 1 is 1.34 bits per heavy atom. The third-order valence-corrected chi connectivity index (χ3v) is 6.11. The van der Waals surface area contributed by atoms with Gasteiger partial charge in [-0.2, -0.15) is 5.10 Å². The lowest BCUT2D eigenvalue weighted by Gasteiger charge is -2.21. The maximum absolute atomic E-state index is 11.5. The van der Waals surface area contributed by atoms with Crippen molar-refractivity contribution in [3.63, 3.8) is 0 Å². The molecule has 0 spiro atoms. The average molecular weight is 420 g/mol. The maximum Gasteiger partial charge on any atom is 0.193 e. The zero-order valence-corrected chi connectivity index (χ0v) is 18.0. The highest BCUT2D eigenvalue weighted by molar-refractivity contribution is 7.90. The van der Waals surface area contributed by atoms with E-state index in [-0.39, 0.29) is 0 Å². The van der Waals surface area contributed by atoms with Crippen LogP contribution in [0.25, 0.3) is 0 Å². The summed E-state index contributed by atoms with van der Waals surface area (Å²) in [5, 5.41) is 7.59. The molecule has 0 bridgehead atoms. The molecule has 1 aromatic carbocycles. The minimum Gasteiger partial charge on any atom is -0.492 e. The van der Waals surface area contributed by atoms with E-state index in [1.807, 2.05) is 17.9 Å². The first-order valence-corrected chi connectivity index (χ1v) is 11.6. The van der Waals surface area contributed by atoms with Gasteiger partial charge in [-0.3, -0.25) is 9.67 Å². The molecule has 0 saturated carbocycles. The first-order chi connectivity index (χ1) is 13.8. The summed E-state index contributed by atoms with van der Waals surface area (Å²) in [6.07, 6.45) is 7.38. The largest absolute Gasteiger partial charge is 0.492 e. The van der Waals surface area contributed by atoms with Gasteiger partial charge in [-0.25, -0.2) is 8.42 Å². The van der Waals surface area contributed by atoms with Crippen molar-refractivity contribution in [2.75, 3.05) is 39.5 Å². The smallest absolute Gasteiger partial charge is 0.193 e. The van der Waals surface area contributed by atoms with Crippen molar-refractivity contribution in [3.8, 4) is 5.75 Å². The molecule has 8 nitrogen and oxygen atoms in total. The molecule has 158 valence electrons. The fourth-order valence-electron chi connectivity index (χ4n) is 3.55. The normalized spacial score (nSPS) is 17.6. The van der Waals surface area contributed by atoms with Crippen molar-refractivity contribution in [1.29, 1.82) is 0 Å². The highest BCUT2D eigenvalue weighted by atomic mass is 32.2. The molecule has 1 fully saturated rings. The third kappa shape index (κ3) is 5.96. The Morgan fingerprint density at radius 3 is 2.72 bits per heavy atom. The summed E-state index contributed by atoms with van der Waals surface area (Å²) in [5.74, 6) is 2.13. The van der Waals surface area contributed by atoms with Gasteiger partial charge in [0.15, 0.2) is 15.8 Å². The van der Waals surface area contributed by atoms with Crippen molar-refractivity contribution in [1.82, 2.24) is 20.0 Å². The van der Waals surface area contributed by atoms with Gasteiger partial charge >= 0.3 is 0 Å². The number of aliphatic imine (C=N–C) groups is 1. The Morgan fingerprint density at radius 2 is 2.10 bits per heavy atom. The molecule has 29 heavy (non-hydrogen) atoms. The average Bonchev–Trinajstić information content (AvgIpc) is 3.31. The highest BCUT2D eigenvalue weighted by Gasteiger charge is 2.25. The van der Waals surface area contributed by atoms with Gasteiger partial charge in [-0.15, -0.1) is 0 Å². The second-order valence-corrected chi connectivity index (χ2v) is 9.41. The van der Waals surface area contributed by atoms with Gasteiger partial charge in [0.2, 0.25) is 0 Å². The quantitative estimate of drug-likeness (QED) is 0.414. The number of rotatable bonds is 7. The lowest BCUT2D eigenvalue weighted by atomic mass is 10.0. The monoisotopic (exact) mass is 419 g/mol. The van der Waals surface area contributed by atoms with Crippen LogP contribution in [0.5, 0.6) is 5.75 Å². The van der Waals surface area contributed by atoms with Crippen LogP contribution < -0.4 is 10.1 Å². The predicted octanol–water partition coefficient (Wildman–Crippen LogP) is 1.34. The van der Waals surface area contributed by atoms with Gasteiger partial charge in [-0.05, 0) is 48.6 Å². The van der Waals surface area contributed by atoms with Gasteiger partial charge in [0.1, 0.15) is 12.4 Å². The van der Waals surface area contributed by atoms with E-state index in [1.165, 1.54) is 11.8 Å². The Hall–Kier alpha value is -2.55. The van der Waals surface area contributed by atoms with E-state index in [2.05, 4.69) is 26.5 Å². The summed E-state index contributed by atoms with van der Waals surface area (Å²) in [7, 11) is 0.550. The Bertz CT molecular complexity index is 937. The van der Waals surface area contributed by atoms with E-state index in [4.69, 9.17) is 4.74 Å². The van der Waals surface area contributed by atoms with E-state index in [1.54, 1.807) is 31.3 Å². The van der Waals surface area contributed by atoms with E-state index in [0.29, 0.717) is 29.7 Å². The third-order valence-electron chi connectivity index (χ3n) is 4.99. The summed E-state index contributed by atoms with van der Waals surface area (Å²) in [5.41, 5.74) is 1.28. The fraction of sp³-hybridized carbons (Fsp3) is 0.500. The lowest BCUT2D eigenvalue weighted by molar-refractivity contribution is 0.319. The standard InChI is InChI=1S/C20H29N5O3S/c1-21-20(25-10-8-16(15-25)12-17-13-23-24(2)14-17)22-9-11-28-18-4-6-19(7-5-18)29(3,26)27/h4-7,13-14,16H,8-12,15H2,1-3H3,(H,21,22). The second kappa shape index (κ2) is 9.30. The predicted molar refractivity (Wildman–Crippen MR) is 113 cm³/mol. The number of hydrogen-bond acceptors (Lipinski definition) is 5. The molecule has 2 aromatic rings. The number of aromatic nitrogens is 2. The van der Waals surface area contributed by atoms with Crippen LogP contribution >= 0.6 is 0 Å². The van der Waals surface area contributed by atoms with Crippen LogP contribution in [0.3, 0.4) is 0 Å². The van der Waals surface area contributed by atoms with Crippen LogP contribution in [-0.2, 0) is 23.3 Å². The first-order valence-electron chi connectivity index (χ1n) is 9.71. The number of aryl methyl sites for hydroxylation is 1. The lowest BCUT2D eigenvalue weighted by Crippen LogP contribution is -2.41. The first kappa shape index (κ1) is 21.2. The number of hydrogen-bond donors (Lipinski definition) is 1. The molecule has 0 aliphatic carbocycles. The Labute approximate surface area is 172 Å². The Balaban J connectivity index is 1.41. The van der Waals surface area contributed by atoms with Crippen molar-refractivity contribution < 1.29 is 13.2 Å². The molecule has 1 aliphatic rings. The van der Waals surface area contributed by atoms with Gasteiger partial charge in [0.05, 0.1) is 17.6 Å². The molecule has 1 unspecified atom stereocenters. The Kier molecular flexibility index (Phi) is 6.79. The van der Waals surface area contributed by atoms with Crippen molar-refractivity contribution in [2.24, 2.45) is 18.0 Å². The molecule has 0 amide bonds. The van der Waals surface area contributed by atoms with E-state index in [9.17, 15) is 8.42 Å². The van der Waals surface area contributed by atoms with Crippen LogP contribution in [0, 0.1) is 5.92 Å². The molecule has 1 atom stereocenters. The molecule has 0 radical (unpaired) electrons. The van der Waals surface area contributed by atoms with Crippen LogP contribution in [0.4, 0.5) is 0 Å². The molecule has 9 heteroatoms. The summed E-state index contributed by atoms with van der Waals surface area (Å²) in [4.78, 5) is 6.96. The number of ether oxygens (including phenoxy) is 1. The number of likely N-dealkylation sites (tertiary alicyclic amines) is 1. The van der Waals surface area contributed by atoms with Gasteiger partial charge in [0, 0.05) is 39.6 Å². The van der Waals surface area contributed by atoms with Crippen LogP contribution in [0.15, 0.2) is 46.5 Å². The zero-order chi connectivity index (χ0) is 20.9. The van der Waals surface area contributed by atoms with Crippen LogP contribution in [-0.4, -0.2) is 68.6 Å². The SMILES string of the molecule is CN=C(NCCOc1ccc(S(C)(=O)=O)cc1)N1CCC(Cc2cnn(C)c2)C1. The van der Waals surface area contributed by atoms with Crippen LogP contribution in [0.2, 0.25) is 0 Å². The van der Waals surface area contributed by atoms with E-state index in [0.717, 1.165) is 31.9 Å². The van der Waals surface area contributed by atoms with Gasteiger partial charge in [-0.1, -0.05) is 0 Å². The summed E-state index contributed by atoms with van der Waals surface area (Å²) >= 11 is 0. The maximum atomic E-state index is 11.5. The molecular weight excluding hydrogens is 390 g/mol. The number of guanidine groups is 1. The molecule has 1 N–H and O–H groups in total. The number of benzene rings is 1. The second-order valence-electron chi connectivity index (χ2n) is 7.39. The molecule has 1 saturated heterocycles. The summed E-state index contributed by atoms with van der Waals surface area (Å²) in [6, 6.07) is 6.47. The van der Waals surface area contributed by atoms with E-state index >= 15 is 0 Å². The van der Waals surface area contributed by atoms with Crippen molar-refractivity contribution in [2.45, 2.75) is 17.7 Å². The molecular formula is C20H29N5O3S. The van der Waals surface area contributed by atoms with Gasteiger partial charge < -0.3 is 15.0 Å². The number of sulfone groups is 1. The van der Waals surface area contributed by atoms with Crippen LogP contribution in [0.1, 0.15) is 12.0 Å². The topological polar surface area (TPSA) is 88.8 Å². The molecule has 1 aliphatic heterocycles. The fourth-order valence-corrected chi connectivity index (χ4v) is 4.18.